The molecule has 2 aromatic rings. The van der Waals surface area contributed by atoms with Crippen LogP contribution in [0.4, 0.5) is 0 Å². The lowest BCUT2D eigenvalue weighted by Crippen LogP contribution is -2.31. The van der Waals surface area contributed by atoms with Crippen LogP contribution in [0.3, 0.4) is 0 Å². The first-order valence-electron chi connectivity index (χ1n) is 7.57. The van der Waals surface area contributed by atoms with Crippen molar-refractivity contribution in [1.29, 1.82) is 0 Å². The summed E-state index contributed by atoms with van der Waals surface area (Å²) in [6.07, 6.45) is 6.52. The summed E-state index contributed by atoms with van der Waals surface area (Å²) in [6, 6.07) is 0. The van der Waals surface area contributed by atoms with Gasteiger partial charge in [-0.3, -0.25) is 9.78 Å². The Kier molecular flexibility index (Phi) is 4.13. The molecule has 0 radical (unpaired) electrons. The van der Waals surface area contributed by atoms with Crippen LogP contribution in [-0.4, -0.2) is 37.5 Å². The molecule has 2 heterocycles. The van der Waals surface area contributed by atoms with Gasteiger partial charge in [0.1, 0.15) is 5.69 Å². The standard InChI is InChI=1S/C15H19N5O2/c1-3-20(15(21)12-8-16-10(2)7-17-12)9-13-18-14(22-19-13)11-5-4-6-11/h7-8,11H,3-6,9H2,1-2H3. The second kappa shape index (κ2) is 6.21. The Labute approximate surface area is 128 Å². The summed E-state index contributed by atoms with van der Waals surface area (Å²) in [6.45, 7) is 4.61. The van der Waals surface area contributed by atoms with Crippen molar-refractivity contribution in [2.24, 2.45) is 0 Å². The van der Waals surface area contributed by atoms with Crippen molar-refractivity contribution >= 4 is 5.91 Å². The molecule has 1 aliphatic carbocycles. The molecule has 22 heavy (non-hydrogen) atoms. The number of hydrogen-bond acceptors (Lipinski definition) is 6. The Balaban J connectivity index is 1.69. The van der Waals surface area contributed by atoms with E-state index in [1.54, 1.807) is 11.1 Å². The van der Waals surface area contributed by atoms with Crippen LogP contribution in [0, 0.1) is 6.92 Å². The predicted octanol–water partition coefficient (Wildman–Crippen LogP) is 2.10. The minimum absolute atomic E-state index is 0.176. The van der Waals surface area contributed by atoms with Crippen LogP contribution in [0.15, 0.2) is 16.9 Å². The smallest absolute Gasteiger partial charge is 0.274 e. The van der Waals surface area contributed by atoms with Crippen molar-refractivity contribution in [2.45, 2.75) is 45.6 Å². The monoisotopic (exact) mass is 301 g/mol. The Morgan fingerprint density at radius 1 is 1.36 bits per heavy atom. The number of carbonyl (C=O) groups is 1. The SMILES string of the molecule is CCN(Cc1noc(C2CCC2)n1)C(=O)c1cnc(C)cn1. The zero-order valence-electron chi connectivity index (χ0n) is 12.8. The van der Waals surface area contributed by atoms with E-state index in [0.717, 1.165) is 18.5 Å². The van der Waals surface area contributed by atoms with Gasteiger partial charge in [-0.25, -0.2) is 4.98 Å². The maximum absolute atomic E-state index is 12.4. The molecular formula is C15H19N5O2. The van der Waals surface area contributed by atoms with Gasteiger partial charge in [0.15, 0.2) is 5.82 Å². The predicted molar refractivity (Wildman–Crippen MR) is 78.1 cm³/mol. The topological polar surface area (TPSA) is 85.0 Å². The molecule has 1 saturated carbocycles. The van der Waals surface area contributed by atoms with E-state index in [9.17, 15) is 4.79 Å². The number of rotatable bonds is 5. The molecule has 1 fully saturated rings. The average Bonchev–Trinajstić information content (AvgIpc) is 2.91. The van der Waals surface area contributed by atoms with Crippen molar-refractivity contribution in [3.8, 4) is 0 Å². The van der Waals surface area contributed by atoms with Gasteiger partial charge < -0.3 is 9.42 Å². The van der Waals surface area contributed by atoms with Crippen molar-refractivity contribution in [1.82, 2.24) is 25.0 Å². The summed E-state index contributed by atoms with van der Waals surface area (Å²) in [5, 5.41) is 3.98. The van der Waals surface area contributed by atoms with Crippen molar-refractivity contribution < 1.29 is 9.32 Å². The number of carbonyl (C=O) groups excluding carboxylic acids is 1. The Morgan fingerprint density at radius 3 is 2.77 bits per heavy atom. The van der Waals surface area contributed by atoms with E-state index in [2.05, 4.69) is 20.1 Å². The Bertz CT molecular complexity index is 648. The van der Waals surface area contributed by atoms with Gasteiger partial charge in [0, 0.05) is 18.7 Å². The molecule has 0 bridgehead atoms. The first-order valence-corrected chi connectivity index (χ1v) is 7.57. The van der Waals surface area contributed by atoms with E-state index in [4.69, 9.17) is 4.52 Å². The van der Waals surface area contributed by atoms with Gasteiger partial charge in [-0.05, 0) is 26.7 Å². The number of aromatic nitrogens is 4. The lowest BCUT2D eigenvalue weighted by Gasteiger charge is -2.20. The maximum Gasteiger partial charge on any atom is 0.274 e. The van der Waals surface area contributed by atoms with E-state index >= 15 is 0 Å². The van der Waals surface area contributed by atoms with E-state index in [-0.39, 0.29) is 5.91 Å². The highest BCUT2D eigenvalue weighted by atomic mass is 16.5. The van der Waals surface area contributed by atoms with Crippen molar-refractivity contribution in [2.75, 3.05) is 6.54 Å². The van der Waals surface area contributed by atoms with Gasteiger partial charge in [-0.1, -0.05) is 11.6 Å². The first-order chi connectivity index (χ1) is 10.7. The second-order valence-electron chi connectivity index (χ2n) is 5.54. The molecule has 1 amide bonds. The Morgan fingerprint density at radius 2 is 2.18 bits per heavy atom. The first kappa shape index (κ1) is 14.6. The molecule has 0 unspecified atom stereocenters. The Hall–Kier alpha value is -2.31. The highest BCUT2D eigenvalue weighted by Crippen LogP contribution is 2.35. The van der Waals surface area contributed by atoms with Crippen LogP contribution in [0.1, 0.15) is 60.0 Å². The lowest BCUT2D eigenvalue weighted by molar-refractivity contribution is 0.0741. The zero-order valence-corrected chi connectivity index (χ0v) is 12.8. The quantitative estimate of drug-likeness (QED) is 0.840. The fraction of sp³-hybridized carbons (Fsp3) is 0.533. The summed E-state index contributed by atoms with van der Waals surface area (Å²) in [5.41, 5.74) is 1.11. The molecular weight excluding hydrogens is 282 g/mol. The van der Waals surface area contributed by atoms with Gasteiger partial charge in [-0.15, -0.1) is 0 Å². The third-order valence-electron chi connectivity index (χ3n) is 3.94. The summed E-state index contributed by atoms with van der Waals surface area (Å²) in [4.78, 5) is 26.7. The van der Waals surface area contributed by atoms with E-state index in [1.165, 1.54) is 12.6 Å². The van der Waals surface area contributed by atoms with Crippen LogP contribution in [-0.2, 0) is 6.54 Å². The van der Waals surface area contributed by atoms with E-state index in [1.807, 2.05) is 13.8 Å². The lowest BCUT2D eigenvalue weighted by atomic mass is 9.85. The number of hydrogen-bond donors (Lipinski definition) is 0. The third-order valence-corrected chi connectivity index (χ3v) is 3.94. The molecule has 3 rings (SSSR count). The van der Waals surface area contributed by atoms with Crippen LogP contribution < -0.4 is 0 Å². The zero-order chi connectivity index (χ0) is 15.5. The molecule has 0 saturated heterocycles. The van der Waals surface area contributed by atoms with Crippen LogP contribution in [0.5, 0.6) is 0 Å². The average molecular weight is 301 g/mol. The molecule has 0 aromatic carbocycles. The van der Waals surface area contributed by atoms with Crippen molar-refractivity contribution in [3.05, 3.63) is 35.5 Å². The molecule has 7 nitrogen and oxygen atoms in total. The summed E-state index contributed by atoms with van der Waals surface area (Å²) >= 11 is 0. The number of nitrogens with zero attached hydrogens (tertiary/aromatic N) is 5. The summed E-state index contributed by atoms with van der Waals surface area (Å²) in [7, 11) is 0. The third kappa shape index (κ3) is 2.98. The largest absolute Gasteiger partial charge is 0.339 e. The van der Waals surface area contributed by atoms with Crippen LogP contribution >= 0.6 is 0 Å². The molecule has 0 atom stereocenters. The fourth-order valence-corrected chi connectivity index (χ4v) is 2.32. The molecule has 2 aromatic heterocycles. The normalized spacial score (nSPS) is 14.6. The summed E-state index contributed by atoms with van der Waals surface area (Å²) < 4.78 is 5.29. The summed E-state index contributed by atoms with van der Waals surface area (Å²) in [5.74, 6) is 1.46. The molecule has 116 valence electrons. The van der Waals surface area contributed by atoms with E-state index in [0.29, 0.717) is 36.4 Å². The van der Waals surface area contributed by atoms with Gasteiger partial charge in [0.2, 0.25) is 5.89 Å². The minimum Gasteiger partial charge on any atom is -0.339 e. The maximum atomic E-state index is 12.4. The van der Waals surface area contributed by atoms with Crippen LogP contribution in [0.25, 0.3) is 0 Å². The fourth-order valence-electron chi connectivity index (χ4n) is 2.32. The molecule has 7 heteroatoms. The second-order valence-corrected chi connectivity index (χ2v) is 5.54. The van der Waals surface area contributed by atoms with E-state index < -0.39 is 0 Å². The number of aryl methyl sites for hydroxylation is 1. The molecule has 0 spiro atoms. The minimum atomic E-state index is -0.176. The molecule has 0 aliphatic heterocycles. The van der Waals surface area contributed by atoms with Gasteiger partial charge >= 0.3 is 0 Å². The van der Waals surface area contributed by atoms with Crippen molar-refractivity contribution in [3.63, 3.8) is 0 Å². The molecule has 0 N–H and O–H groups in total. The van der Waals surface area contributed by atoms with Crippen LogP contribution in [0.2, 0.25) is 0 Å². The molecule has 1 aliphatic rings. The van der Waals surface area contributed by atoms with Gasteiger partial charge in [0.05, 0.1) is 18.4 Å². The van der Waals surface area contributed by atoms with Gasteiger partial charge in [0.25, 0.3) is 5.91 Å². The van der Waals surface area contributed by atoms with Gasteiger partial charge in [-0.2, -0.15) is 4.98 Å². The number of amides is 1. The highest BCUT2D eigenvalue weighted by Gasteiger charge is 2.26. The highest BCUT2D eigenvalue weighted by molar-refractivity contribution is 5.91.